The maximum atomic E-state index is 9.57. The fourth-order valence-corrected chi connectivity index (χ4v) is 2.43. The van der Waals surface area contributed by atoms with E-state index in [0.717, 1.165) is 18.7 Å². The molecule has 1 rings (SSSR count). The van der Waals surface area contributed by atoms with Crippen molar-refractivity contribution in [3.63, 3.8) is 0 Å². The Bertz CT molecular complexity index is 349. The van der Waals surface area contributed by atoms with Crippen molar-refractivity contribution in [1.82, 2.24) is 0 Å². The van der Waals surface area contributed by atoms with Gasteiger partial charge in [-0.05, 0) is 18.1 Å². The van der Waals surface area contributed by atoms with E-state index in [1.54, 1.807) is 6.07 Å². The number of nitrogens with one attached hydrogen (secondary N) is 1. The van der Waals surface area contributed by atoms with Gasteiger partial charge in [-0.2, -0.15) is 0 Å². The molecule has 0 saturated carbocycles. The molecule has 96 valence electrons. The minimum Gasteiger partial charge on any atom is -0.508 e. The average molecular weight is 277 g/mol. The van der Waals surface area contributed by atoms with Crippen molar-refractivity contribution in [3.05, 3.63) is 23.8 Å². The molecular weight excluding hydrogens is 257 g/mol. The van der Waals surface area contributed by atoms with Gasteiger partial charge < -0.3 is 10.0 Å². The summed E-state index contributed by atoms with van der Waals surface area (Å²) < 4.78 is 0. The normalized spacial score (nSPS) is 11.4. The van der Waals surface area contributed by atoms with E-state index in [0.29, 0.717) is 23.4 Å². The lowest BCUT2D eigenvalue weighted by Gasteiger charge is -2.21. The van der Waals surface area contributed by atoms with Gasteiger partial charge in [0.05, 0.1) is 24.8 Å². The summed E-state index contributed by atoms with van der Waals surface area (Å²) in [6.07, 6.45) is 0. The number of phenolic OH excluding ortho intramolecular Hbond substituents is 1. The smallest absolute Gasteiger partial charge is 0.135 e. The largest absolute Gasteiger partial charge is 0.508 e. The molecule has 0 radical (unpaired) electrons. The zero-order chi connectivity index (χ0) is 12.8. The lowest BCUT2D eigenvalue weighted by Crippen LogP contribution is -3.08. The predicted molar refractivity (Wildman–Crippen MR) is 74.0 cm³/mol. The quantitative estimate of drug-likeness (QED) is 0.606. The molecule has 0 fully saturated rings. The predicted octanol–water partition coefficient (Wildman–Crippen LogP) is 2.51. The van der Waals surface area contributed by atoms with E-state index < -0.39 is 0 Å². The van der Waals surface area contributed by atoms with Crippen molar-refractivity contribution in [3.8, 4) is 5.75 Å². The molecule has 0 amide bonds. The number of aromatic hydroxyl groups is 1. The highest BCUT2D eigenvalue weighted by molar-refractivity contribution is 6.18. The van der Waals surface area contributed by atoms with Crippen LogP contribution in [0, 0.1) is 0 Å². The molecule has 0 aliphatic carbocycles. The Morgan fingerprint density at radius 2 is 1.76 bits per heavy atom. The van der Waals surface area contributed by atoms with Crippen molar-refractivity contribution < 1.29 is 10.0 Å². The zero-order valence-corrected chi connectivity index (χ0v) is 11.9. The fraction of sp³-hybridized carbons (Fsp3) is 0.538. The van der Waals surface area contributed by atoms with E-state index in [9.17, 15) is 5.11 Å². The third kappa shape index (κ3) is 4.06. The van der Waals surface area contributed by atoms with Crippen molar-refractivity contribution in [2.75, 3.05) is 24.8 Å². The van der Waals surface area contributed by atoms with Gasteiger partial charge in [0.1, 0.15) is 11.4 Å². The molecule has 2 nitrogen and oxygen atoms in total. The monoisotopic (exact) mass is 276 g/mol. The molecule has 2 N–H and O–H groups in total. The SMILES string of the molecule is CC(C)c1cc(O)ccc1[NH+](CCCl)CCCl. The Morgan fingerprint density at radius 3 is 2.24 bits per heavy atom. The standard InChI is InChI=1S/C13H19Cl2NO/c1-10(2)12-9-11(17)3-4-13(12)16(7-5-14)8-6-15/h3-4,9-10,17H,5-8H2,1-2H3/p+1. The second-order valence-electron chi connectivity index (χ2n) is 4.41. The summed E-state index contributed by atoms with van der Waals surface area (Å²) in [5, 5.41) is 9.57. The van der Waals surface area contributed by atoms with Crippen molar-refractivity contribution in [2.45, 2.75) is 19.8 Å². The molecule has 17 heavy (non-hydrogen) atoms. The average Bonchev–Trinajstić information content (AvgIpc) is 2.28. The van der Waals surface area contributed by atoms with E-state index in [1.165, 1.54) is 10.6 Å². The Kier molecular flexibility index (Phi) is 6.10. The van der Waals surface area contributed by atoms with Gasteiger partial charge in [-0.1, -0.05) is 13.8 Å². The first-order valence-corrected chi connectivity index (χ1v) is 6.97. The highest BCUT2D eigenvalue weighted by Gasteiger charge is 2.18. The van der Waals surface area contributed by atoms with Crippen LogP contribution in [0.2, 0.25) is 0 Å². The van der Waals surface area contributed by atoms with Crippen LogP contribution in [0.15, 0.2) is 18.2 Å². The van der Waals surface area contributed by atoms with Crippen LogP contribution in [0.5, 0.6) is 5.75 Å². The van der Waals surface area contributed by atoms with Crippen LogP contribution in [0.1, 0.15) is 25.3 Å². The molecule has 0 atom stereocenters. The first kappa shape index (κ1) is 14.6. The zero-order valence-electron chi connectivity index (χ0n) is 10.3. The molecule has 0 heterocycles. The lowest BCUT2D eigenvalue weighted by molar-refractivity contribution is -0.827. The minimum absolute atomic E-state index is 0.313. The first-order chi connectivity index (χ1) is 8.10. The minimum atomic E-state index is 0.313. The maximum absolute atomic E-state index is 9.57. The summed E-state index contributed by atoms with van der Waals surface area (Å²) in [7, 11) is 0. The first-order valence-electron chi connectivity index (χ1n) is 5.90. The van der Waals surface area contributed by atoms with Gasteiger partial charge in [0.15, 0.2) is 0 Å². The molecular formula is C13H20Cl2NO+. The molecule has 0 aliphatic rings. The number of hydrogen-bond donors (Lipinski definition) is 2. The summed E-state index contributed by atoms with van der Waals surface area (Å²) in [5.74, 6) is 1.89. The Labute approximate surface area is 113 Å². The molecule has 1 aromatic carbocycles. The maximum Gasteiger partial charge on any atom is 0.135 e. The number of alkyl halides is 2. The number of hydrogen-bond acceptors (Lipinski definition) is 1. The molecule has 0 aromatic heterocycles. The highest BCUT2D eigenvalue weighted by Crippen LogP contribution is 2.25. The Morgan fingerprint density at radius 1 is 1.18 bits per heavy atom. The van der Waals surface area contributed by atoms with Gasteiger partial charge >= 0.3 is 0 Å². The van der Waals surface area contributed by atoms with E-state index in [-0.39, 0.29) is 0 Å². The Hall–Kier alpha value is -0.440. The van der Waals surface area contributed by atoms with Crippen LogP contribution in [0.4, 0.5) is 5.69 Å². The van der Waals surface area contributed by atoms with Crippen molar-refractivity contribution >= 4 is 28.9 Å². The molecule has 0 aliphatic heterocycles. The van der Waals surface area contributed by atoms with Crippen LogP contribution in [-0.4, -0.2) is 30.0 Å². The molecule has 0 saturated heterocycles. The summed E-state index contributed by atoms with van der Waals surface area (Å²) in [4.78, 5) is 1.28. The summed E-state index contributed by atoms with van der Waals surface area (Å²) in [6, 6.07) is 5.53. The molecule has 0 unspecified atom stereocenters. The van der Waals surface area contributed by atoms with Crippen LogP contribution in [0.3, 0.4) is 0 Å². The lowest BCUT2D eigenvalue weighted by atomic mass is 10.00. The highest BCUT2D eigenvalue weighted by atomic mass is 35.5. The fourth-order valence-electron chi connectivity index (χ4n) is 1.97. The summed E-state index contributed by atoms with van der Waals surface area (Å²) in [6.45, 7) is 5.94. The van der Waals surface area contributed by atoms with Crippen molar-refractivity contribution in [2.24, 2.45) is 0 Å². The van der Waals surface area contributed by atoms with Gasteiger partial charge in [-0.3, -0.25) is 0 Å². The van der Waals surface area contributed by atoms with Gasteiger partial charge in [0.25, 0.3) is 0 Å². The van der Waals surface area contributed by atoms with Crippen LogP contribution in [0.25, 0.3) is 0 Å². The molecule has 1 aromatic rings. The van der Waals surface area contributed by atoms with Gasteiger partial charge in [-0.25, -0.2) is 0 Å². The Balaban J connectivity index is 3.07. The van der Waals surface area contributed by atoms with Gasteiger partial charge in [0.2, 0.25) is 0 Å². The molecule has 0 spiro atoms. The second-order valence-corrected chi connectivity index (χ2v) is 5.16. The number of quaternary nitrogens is 1. The van der Waals surface area contributed by atoms with E-state index in [1.807, 2.05) is 12.1 Å². The third-order valence-corrected chi connectivity index (χ3v) is 3.21. The summed E-state index contributed by atoms with van der Waals surface area (Å²) in [5.41, 5.74) is 2.36. The van der Waals surface area contributed by atoms with Crippen molar-refractivity contribution in [1.29, 1.82) is 0 Å². The number of halogens is 2. The molecule has 0 bridgehead atoms. The third-order valence-electron chi connectivity index (χ3n) is 2.83. The second kappa shape index (κ2) is 7.10. The number of rotatable bonds is 6. The topological polar surface area (TPSA) is 24.7 Å². The van der Waals surface area contributed by atoms with Gasteiger partial charge in [0, 0.05) is 11.6 Å². The van der Waals surface area contributed by atoms with Crippen LogP contribution in [-0.2, 0) is 0 Å². The summed E-state index contributed by atoms with van der Waals surface area (Å²) >= 11 is 11.7. The van der Waals surface area contributed by atoms with E-state index in [2.05, 4.69) is 13.8 Å². The van der Waals surface area contributed by atoms with Crippen LogP contribution >= 0.6 is 23.2 Å². The van der Waals surface area contributed by atoms with Gasteiger partial charge in [-0.15, -0.1) is 23.2 Å². The number of benzene rings is 1. The van der Waals surface area contributed by atoms with Crippen LogP contribution < -0.4 is 4.90 Å². The number of phenols is 1. The molecule has 4 heteroatoms. The van der Waals surface area contributed by atoms with E-state index in [4.69, 9.17) is 23.2 Å². The van der Waals surface area contributed by atoms with E-state index >= 15 is 0 Å².